The van der Waals surface area contributed by atoms with Crippen LogP contribution in [-0.4, -0.2) is 30.4 Å². The summed E-state index contributed by atoms with van der Waals surface area (Å²) in [5.74, 6) is -0.666. The number of hydrogen-bond acceptors (Lipinski definition) is 3. The van der Waals surface area contributed by atoms with Gasteiger partial charge >= 0.3 is 0 Å². The fourth-order valence-electron chi connectivity index (χ4n) is 0.933. The van der Waals surface area contributed by atoms with Gasteiger partial charge in [0.05, 0.1) is 13.2 Å². The number of nitrogens with zero attached hydrogens (tertiary/aromatic N) is 1. The van der Waals surface area contributed by atoms with Crippen LogP contribution in [-0.2, 0) is 14.3 Å². The van der Waals surface area contributed by atoms with Gasteiger partial charge in [0, 0.05) is 6.54 Å². The Morgan fingerprint density at radius 3 is 2.75 bits per heavy atom. The molecule has 4 nitrogen and oxygen atoms in total. The van der Waals surface area contributed by atoms with Gasteiger partial charge in [-0.05, 0) is 0 Å². The first kappa shape index (κ1) is 8.52. The Bertz CT molecular complexity index is 267. The second-order valence-corrected chi connectivity index (χ2v) is 2.26. The summed E-state index contributed by atoms with van der Waals surface area (Å²) in [6.45, 7) is 3.66. The molecule has 1 rings (SSSR count). The maximum Gasteiger partial charge on any atom is 0.296 e. The summed E-state index contributed by atoms with van der Waals surface area (Å²) < 4.78 is 4.69. The predicted molar refractivity (Wildman–Crippen MR) is 42.0 cm³/mol. The van der Waals surface area contributed by atoms with Crippen molar-refractivity contribution in [1.82, 2.24) is 4.90 Å². The van der Waals surface area contributed by atoms with Gasteiger partial charge in [-0.3, -0.25) is 14.5 Å². The normalized spacial score (nSPS) is 16.4. The highest BCUT2D eigenvalue weighted by atomic mass is 16.5. The number of carbonyl (C=O) groups is 2. The van der Waals surface area contributed by atoms with Crippen molar-refractivity contribution >= 4 is 11.8 Å². The molecule has 1 aliphatic rings. The quantitative estimate of drug-likeness (QED) is 0.441. The van der Waals surface area contributed by atoms with Gasteiger partial charge in [0.15, 0.2) is 5.76 Å². The molecule has 12 heavy (non-hydrogen) atoms. The van der Waals surface area contributed by atoms with Crippen molar-refractivity contribution in [3.05, 3.63) is 24.5 Å². The van der Waals surface area contributed by atoms with E-state index >= 15 is 0 Å². The molecule has 0 bridgehead atoms. The molecule has 1 heterocycles. The van der Waals surface area contributed by atoms with E-state index < -0.39 is 5.91 Å². The van der Waals surface area contributed by atoms with Gasteiger partial charge < -0.3 is 4.74 Å². The van der Waals surface area contributed by atoms with E-state index in [1.807, 2.05) is 0 Å². The highest BCUT2D eigenvalue weighted by molar-refractivity contribution is 6.15. The van der Waals surface area contributed by atoms with E-state index in [1.54, 1.807) is 0 Å². The number of methoxy groups -OCH3 is 1. The van der Waals surface area contributed by atoms with E-state index in [0.717, 1.165) is 4.90 Å². The fraction of sp³-hybridized carbons (Fsp3) is 0.250. The van der Waals surface area contributed by atoms with Crippen LogP contribution < -0.4 is 0 Å². The Morgan fingerprint density at radius 1 is 1.67 bits per heavy atom. The molecule has 0 unspecified atom stereocenters. The minimum atomic E-state index is -0.401. The first-order valence-corrected chi connectivity index (χ1v) is 3.43. The maximum atomic E-state index is 11.2. The Balaban J connectivity index is 2.80. The molecule has 1 aliphatic heterocycles. The van der Waals surface area contributed by atoms with Crippen LogP contribution in [0.3, 0.4) is 0 Å². The van der Waals surface area contributed by atoms with Crippen molar-refractivity contribution in [2.45, 2.75) is 0 Å². The van der Waals surface area contributed by atoms with Crippen LogP contribution >= 0.6 is 0 Å². The van der Waals surface area contributed by atoms with E-state index in [9.17, 15) is 9.59 Å². The topological polar surface area (TPSA) is 46.6 Å². The van der Waals surface area contributed by atoms with Gasteiger partial charge in [-0.25, -0.2) is 0 Å². The Labute approximate surface area is 70.1 Å². The summed E-state index contributed by atoms with van der Waals surface area (Å²) in [6.07, 6.45) is 2.66. The van der Waals surface area contributed by atoms with Crippen LogP contribution in [0, 0.1) is 0 Å². The van der Waals surface area contributed by atoms with Crippen LogP contribution in [0.25, 0.3) is 0 Å². The summed E-state index contributed by atoms with van der Waals surface area (Å²) >= 11 is 0. The smallest absolute Gasteiger partial charge is 0.296 e. The summed E-state index contributed by atoms with van der Waals surface area (Å²) in [7, 11) is 1.36. The average molecular weight is 167 g/mol. The molecule has 0 N–H and O–H groups in total. The second kappa shape index (κ2) is 3.21. The van der Waals surface area contributed by atoms with Crippen molar-refractivity contribution < 1.29 is 14.3 Å². The number of rotatable bonds is 3. The molecule has 0 aromatic carbocycles. The monoisotopic (exact) mass is 167 g/mol. The van der Waals surface area contributed by atoms with Gasteiger partial charge in [0.25, 0.3) is 11.8 Å². The zero-order valence-electron chi connectivity index (χ0n) is 6.74. The van der Waals surface area contributed by atoms with Gasteiger partial charge in [-0.15, -0.1) is 6.58 Å². The lowest BCUT2D eigenvalue weighted by Gasteiger charge is -2.10. The van der Waals surface area contributed by atoms with Gasteiger partial charge in [0.1, 0.15) is 0 Å². The number of hydrogen-bond donors (Lipinski definition) is 0. The van der Waals surface area contributed by atoms with Gasteiger partial charge in [0.2, 0.25) is 0 Å². The van der Waals surface area contributed by atoms with Crippen LogP contribution in [0.1, 0.15) is 0 Å². The van der Waals surface area contributed by atoms with Crippen molar-refractivity contribution in [3.63, 3.8) is 0 Å². The summed E-state index contributed by atoms with van der Waals surface area (Å²) in [5.41, 5.74) is 0. The van der Waals surface area contributed by atoms with Crippen molar-refractivity contribution in [2.24, 2.45) is 0 Å². The molecule has 0 saturated carbocycles. The molecule has 64 valence electrons. The number of amides is 2. The first-order chi connectivity index (χ1) is 5.70. The molecule has 0 aliphatic carbocycles. The SMILES string of the molecule is C=CCN1C(=O)C=C(OC)C1=O. The Kier molecular flexibility index (Phi) is 2.28. The second-order valence-electron chi connectivity index (χ2n) is 2.26. The third-order valence-corrected chi connectivity index (χ3v) is 1.51. The summed E-state index contributed by atoms with van der Waals surface area (Å²) in [6, 6.07) is 0. The zero-order valence-corrected chi connectivity index (χ0v) is 6.74. The molecular weight excluding hydrogens is 158 g/mol. The fourth-order valence-corrected chi connectivity index (χ4v) is 0.933. The van der Waals surface area contributed by atoms with Gasteiger partial charge in [-0.1, -0.05) is 6.08 Å². The number of carbonyl (C=O) groups excluding carboxylic acids is 2. The lowest BCUT2D eigenvalue weighted by Crippen LogP contribution is -2.31. The molecule has 4 heteroatoms. The van der Waals surface area contributed by atoms with Crippen LogP contribution in [0.15, 0.2) is 24.5 Å². The van der Waals surface area contributed by atoms with E-state index in [0.29, 0.717) is 0 Å². The maximum absolute atomic E-state index is 11.2. The third kappa shape index (κ3) is 1.23. The molecule has 0 spiro atoms. The van der Waals surface area contributed by atoms with E-state index in [1.165, 1.54) is 19.3 Å². The molecule has 0 aromatic heterocycles. The minimum absolute atomic E-state index is 0.0850. The highest BCUT2D eigenvalue weighted by Gasteiger charge is 2.30. The summed E-state index contributed by atoms with van der Waals surface area (Å²) in [4.78, 5) is 23.3. The van der Waals surface area contributed by atoms with Crippen molar-refractivity contribution in [2.75, 3.05) is 13.7 Å². The largest absolute Gasteiger partial charge is 0.491 e. The standard InChI is InChI=1S/C8H9NO3/c1-3-4-9-7(10)5-6(12-2)8(9)11/h3,5H,1,4H2,2H3. The predicted octanol–water partition coefficient (Wildman–Crippen LogP) is 0.0715. The lowest BCUT2D eigenvalue weighted by molar-refractivity contribution is -0.137. The molecule has 0 saturated heterocycles. The lowest BCUT2D eigenvalue weighted by atomic mass is 10.5. The molecule has 2 amide bonds. The zero-order chi connectivity index (χ0) is 9.14. The van der Waals surface area contributed by atoms with Crippen molar-refractivity contribution in [1.29, 1.82) is 0 Å². The molecule has 0 radical (unpaired) electrons. The molecule has 0 fully saturated rings. The van der Waals surface area contributed by atoms with E-state index in [2.05, 4.69) is 11.3 Å². The van der Waals surface area contributed by atoms with Crippen LogP contribution in [0.2, 0.25) is 0 Å². The van der Waals surface area contributed by atoms with E-state index in [4.69, 9.17) is 0 Å². The molecule has 0 aromatic rings. The third-order valence-electron chi connectivity index (χ3n) is 1.51. The van der Waals surface area contributed by atoms with Crippen LogP contribution in [0.4, 0.5) is 0 Å². The molecule has 0 atom stereocenters. The molecular formula is C8H9NO3. The number of imide groups is 1. The highest BCUT2D eigenvalue weighted by Crippen LogP contribution is 2.12. The number of ether oxygens (including phenoxy) is 1. The minimum Gasteiger partial charge on any atom is -0.491 e. The Hall–Kier alpha value is -1.58. The van der Waals surface area contributed by atoms with Crippen molar-refractivity contribution in [3.8, 4) is 0 Å². The Morgan fingerprint density at radius 2 is 2.33 bits per heavy atom. The average Bonchev–Trinajstić information content (AvgIpc) is 2.32. The van der Waals surface area contributed by atoms with Crippen LogP contribution in [0.5, 0.6) is 0 Å². The summed E-state index contributed by atoms with van der Waals surface area (Å²) in [5, 5.41) is 0. The van der Waals surface area contributed by atoms with Gasteiger partial charge in [-0.2, -0.15) is 0 Å². The van der Waals surface area contributed by atoms with E-state index in [-0.39, 0.29) is 18.2 Å². The first-order valence-electron chi connectivity index (χ1n) is 3.43.